The Morgan fingerprint density at radius 1 is 1.29 bits per heavy atom. The zero-order valence-corrected chi connectivity index (χ0v) is 20.6. The Bertz CT molecular complexity index is 1240. The van der Waals surface area contributed by atoms with Crippen LogP contribution in [0.2, 0.25) is 0 Å². The molecule has 1 unspecified atom stereocenters. The standard InChI is InChI=1S/C27H34FN5O2/c1-3-20-12-24(31-35-20)27-13-18(27)14-33(16-27)11-10-17-4-6-19(7-5-17)29-26(34)21-8-9-23(28)25-22(21)15-32(2)30-25/h8-9,12,15,17-19H,3-7,10-11,13-14,16H2,1-2H3,(H,29,34)/t17-,18?,19-,27-/m0/s1. The molecule has 1 aliphatic heterocycles. The molecule has 3 aromatic rings. The van der Waals surface area contributed by atoms with Gasteiger partial charge in [0.05, 0.1) is 11.3 Å². The van der Waals surface area contributed by atoms with Gasteiger partial charge in [-0.15, -0.1) is 0 Å². The largest absolute Gasteiger partial charge is 0.361 e. The van der Waals surface area contributed by atoms with Gasteiger partial charge in [-0.2, -0.15) is 5.10 Å². The fraction of sp³-hybridized carbons (Fsp3) is 0.593. The minimum atomic E-state index is -0.398. The number of amides is 1. The highest BCUT2D eigenvalue weighted by molar-refractivity contribution is 6.06. The second-order valence-corrected chi connectivity index (χ2v) is 11.0. The predicted molar refractivity (Wildman–Crippen MR) is 131 cm³/mol. The maximum Gasteiger partial charge on any atom is 0.252 e. The summed E-state index contributed by atoms with van der Waals surface area (Å²) in [5, 5.41) is 12.3. The van der Waals surface area contributed by atoms with Gasteiger partial charge in [-0.25, -0.2) is 4.39 Å². The molecule has 7 nitrogen and oxygen atoms in total. The lowest BCUT2D eigenvalue weighted by Gasteiger charge is -2.30. The van der Waals surface area contributed by atoms with Crippen molar-refractivity contribution in [2.75, 3.05) is 19.6 Å². The lowest BCUT2D eigenvalue weighted by atomic mass is 9.84. The van der Waals surface area contributed by atoms with Gasteiger partial charge >= 0.3 is 0 Å². The number of carbonyl (C=O) groups excluding carboxylic acids is 1. The van der Waals surface area contributed by atoms with Crippen molar-refractivity contribution in [1.29, 1.82) is 0 Å². The van der Waals surface area contributed by atoms with Crippen molar-refractivity contribution in [3.63, 3.8) is 0 Å². The Morgan fingerprint density at radius 2 is 2.11 bits per heavy atom. The van der Waals surface area contributed by atoms with Crippen molar-refractivity contribution in [3.8, 4) is 0 Å². The summed E-state index contributed by atoms with van der Waals surface area (Å²) in [6.45, 7) is 5.54. The lowest BCUT2D eigenvalue weighted by Crippen LogP contribution is -2.38. The van der Waals surface area contributed by atoms with E-state index in [-0.39, 0.29) is 22.9 Å². The second-order valence-electron chi connectivity index (χ2n) is 11.0. The van der Waals surface area contributed by atoms with Gasteiger partial charge in [-0.05, 0) is 69.0 Å². The number of piperidine rings is 1. The Kier molecular flexibility index (Phi) is 5.66. The summed E-state index contributed by atoms with van der Waals surface area (Å²) < 4.78 is 21.1. The van der Waals surface area contributed by atoms with Crippen molar-refractivity contribution in [1.82, 2.24) is 25.2 Å². The Hall–Kier alpha value is -2.74. The van der Waals surface area contributed by atoms with Crippen LogP contribution in [0.1, 0.15) is 67.3 Å². The molecule has 0 bridgehead atoms. The zero-order valence-electron chi connectivity index (χ0n) is 20.6. The van der Waals surface area contributed by atoms with Crippen LogP contribution in [-0.2, 0) is 18.9 Å². The summed E-state index contributed by atoms with van der Waals surface area (Å²) in [7, 11) is 1.74. The van der Waals surface area contributed by atoms with Crippen molar-refractivity contribution in [3.05, 3.63) is 47.2 Å². The highest BCUT2D eigenvalue weighted by Gasteiger charge is 2.62. The number of nitrogens with zero attached hydrogens (tertiary/aromatic N) is 4. The molecular weight excluding hydrogens is 445 g/mol. The molecular formula is C27H34FN5O2. The van der Waals surface area contributed by atoms with Gasteiger partial charge < -0.3 is 14.7 Å². The number of halogens is 1. The van der Waals surface area contributed by atoms with Crippen LogP contribution in [0, 0.1) is 17.7 Å². The van der Waals surface area contributed by atoms with Gasteiger partial charge in [0.1, 0.15) is 11.3 Å². The van der Waals surface area contributed by atoms with Gasteiger partial charge in [-0.3, -0.25) is 9.48 Å². The molecule has 186 valence electrons. The Labute approximate surface area is 205 Å². The zero-order chi connectivity index (χ0) is 24.2. The Balaban J connectivity index is 0.979. The summed E-state index contributed by atoms with van der Waals surface area (Å²) in [5.41, 5.74) is 2.16. The van der Waals surface area contributed by atoms with Crippen LogP contribution in [-0.4, -0.2) is 51.4 Å². The van der Waals surface area contributed by atoms with E-state index in [0.717, 1.165) is 56.9 Å². The van der Waals surface area contributed by atoms with Crippen LogP contribution in [0.4, 0.5) is 4.39 Å². The van der Waals surface area contributed by atoms with Crippen molar-refractivity contribution < 1.29 is 13.7 Å². The number of rotatable bonds is 7. The summed E-state index contributed by atoms with van der Waals surface area (Å²) in [6, 6.07) is 5.25. The quantitative estimate of drug-likeness (QED) is 0.549. The monoisotopic (exact) mass is 479 g/mol. The van der Waals surface area contributed by atoms with Crippen molar-refractivity contribution in [2.24, 2.45) is 18.9 Å². The number of hydrogen-bond donors (Lipinski definition) is 1. The third-order valence-corrected chi connectivity index (χ3v) is 8.66. The van der Waals surface area contributed by atoms with Gasteiger partial charge in [0, 0.05) is 55.7 Å². The molecule has 2 saturated carbocycles. The number of fused-ring (bicyclic) bond motifs is 2. The fourth-order valence-corrected chi connectivity index (χ4v) is 6.48. The molecule has 1 aromatic carbocycles. The maximum absolute atomic E-state index is 14.1. The highest BCUT2D eigenvalue weighted by atomic mass is 19.1. The van der Waals surface area contributed by atoms with Crippen LogP contribution in [0.5, 0.6) is 0 Å². The number of nitrogens with one attached hydrogen (secondary N) is 1. The molecule has 0 radical (unpaired) electrons. The number of likely N-dealkylation sites (tertiary alicyclic amines) is 1. The third-order valence-electron chi connectivity index (χ3n) is 8.66. The summed E-state index contributed by atoms with van der Waals surface area (Å²) in [5.74, 6) is 1.91. The third kappa shape index (κ3) is 4.15. The molecule has 3 aliphatic rings. The second kappa shape index (κ2) is 8.73. The first-order valence-corrected chi connectivity index (χ1v) is 13.1. The van der Waals surface area contributed by atoms with E-state index in [4.69, 9.17) is 4.52 Å². The SMILES string of the molecule is CCc1cc([C@]23CC2CN(CC[C@H]2CC[C@H](NC(=O)c4ccc(F)c5nn(C)cc45)CC2)C3)no1. The van der Waals surface area contributed by atoms with Crippen molar-refractivity contribution in [2.45, 2.75) is 63.3 Å². The minimum absolute atomic E-state index is 0.132. The first-order valence-electron chi connectivity index (χ1n) is 13.1. The summed E-state index contributed by atoms with van der Waals surface area (Å²) in [4.78, 5) is 15.6. The molecule has 1 N–H and O–H groups in total. The van der Waals surface area contributed by atoms with E-state index >= 15 is 0 Å². The number of hydrogen-bond acceptors (Lipinski definition) is 5. The number of carbonyl (C=O) groups is 1. The molecule has 1 saturated heterocycles. The molecule has 2 aliphatic carbocycles. The summed E-state index contributed by atoms with van der Waals surface area (Å²) in [6.07, 6.45) is 9.36. The highest BCUT2D eigenvalue weighted by Crippen LogP contribution is 2.58. The Morgan fingerprint density at radius 3 is 2.89 bits per heavy atom. The van der Waals surface area contributed by atoms with E-state index in [1.54, 1.807) is 24.0 Å². The predicted octanol–water partition coefficient (Wildman–Crippen LogP) is 4.22. The molecule has 8 heteroatoms. The average molecular weight is 480 g/mol. The maximum atomic E-state index is 14.1. The van der Waals surface area contributed by atoms with Crippen molar-refractivity contribution >= 4 is 16.8 Å². The van der Waals surface area contributed by atoms with Gasteiger partial charge in [0.2, 0.25) is 0 Å². The molecule has 3 fully saturated rings. The number of aryl methyl sites for hydroxylation is 2. The minimum Gasteiger partial charge on any atom is -0.361 e. The fourth-order valence-electron chi connectivity index (χ4n) is 6.48. The molecule has 35 heavy (non-hydrogen) atoms. The van der Waals surface area contributed by atoms with Crippen LogP contribution < -0.4 is 5.32 Å². The smallest absolute Gasteiger partial charge is 0.252 e. The van der Waals surface area contributed by atoms with E-state index in [2.05, 4.69) is 33.5 Å². The first-order chi connectivity index (χ1) is 16.9. The van der Waals surface area contributed by atoms with Crippen LogP contribution >= 0.6 is 0 Å². The normalized spacial score (nSPS) is 28.4. The van der Waals surface area contributed by atoms with E-state index < -0.39 is 5.82 Å². The molecule has 0 spiro atoms. The van der Waals surface area contributed by atoms with Crippen LogP contribution in [0.3, 0.4) is 0 Å². The molecule has 3 heterocycles. The van der Waals surface area contributed by atoms with Crippen LogP contribution in [0.15, 0.2) is 28.9 Å². The van der Waals surface area contributed by atoms with E-state index in [1.807, 2.05) is 0 Å². The lowest BCUT2D eigenvalue weighted by molar-refractivity contribution is 0.0921. The van der Waals surface area contributed by atoms with E-state index in [1.165, 1.54) is 31.1 Å². The average Bonchev–Trinajstić information content (AvgIpc) is 3.24. The topological polar surface area (TPSA) is 76.2 Å². The van der Waals surface area contributed by atoms with E-state index in [0.29, 0.717) is 16.9 Å². The molecule has 2 aromatic heterocycles. The number of benzene rings is 1. The molecule has 1 amide bonds. The van der Waals surface area contributed by atoms with Crippen LogP contribution in [0.25, 0.3) is 10.9 Å². The van der Waals surface area contributed by atoms with Gasteiger partial charge in [-0.1, -0.05) is 12.1 Å². The van der Waals surface area contributed by atoms with E-state index in [9.17, 15) is 9.18 Å². The first kappa shape index (κ1) is 22.7. The molecule has 2 atom stereocenters. The van der Waals surface area contributed by atoms with Gasteiger partial charge in [0.15, 0.2) is 5.82 Å². The summed E-state index contributed by atoms with van der Waals surface area (Å²) >= 11 is 0. The molecule has 6 rings (SSSR count). The number of aromatic nitrogens is 3. The van der Waals surface area contributed by atoms with Gasteiger partial charge in [0.25, 0.3) is 5.91 Å².